The van der Waals surface area contributed by atoms with Gasteiger partial charge in [0.2, 0.25) is 20.0 Å². The molecule has 0 aromatic heterocycles. The van der Waals surface area contributed by atoms with Gasteiger partial charge in [-0.1, -0.05) is 37.6 Å². The molecule has 1 heterocycles. The molecule has 2 aliphatic rings. The zero-order valence-corrected chi connectivity index (χ0v) is 24.3. The molecule has 0 amide bonds. The summed E-state index contributed by atoms with van der Waals surface area (Å²) < 4.78 is 63.7. The SMILES string of the molecule is CCCCS(=O)(=O)Nc1ccc(N2CCC(C(=O)OCC)CC2)c(S(=O)(=O)N[C@@H]2CCCc3ccccc32)c1. The van der Waals surface area contributed by atoms with Gasteiger partial charge in [-0.25, -0.2) is 21.6 Å². The number of hydrogen-bond donors (Lipinski definition) is 2. The zero-order chi connectivity index (χ0) is 28.0. The van der Waals surface area contributed by atoms with Crippen LogP contribution in [0.1, 0.15) is 69.5 Å². The lowest BCUT2D eigenvalue weighted by molar-refractivity contribution is -0.148. The minimum atomic E-state index is -4.03. The van der Waals surface area contributed by atoms with Gasteiger partial charge in [0, 0.05) is 24.8 Å². The molecule has 1 aliphatic heterocycles. The lowest BCUT2D eigenvalue weighted by Crippen LogP contribution is -2.38. The Balaban J connectivity index is 1.65. The Morgan fingerprint density at radius 2 is 1.77 bits per heavy atom. The minimum absolute atomic E-state index is 0.0239. The van der Waals surface area contributed by atoms with E-state index in [1.54, 1.807) is 19.1 Å². The Bertz CT molecular complexity index is 1370. The van der Waals surface area contributed by atoms with Crippen molar-refractivity contribution in [3.8, 4) is 0 Å². The van der Waals surface area contributed by atoms with Gasteiger partial charge < -0.3 is 9.64 Å². The maximum absolute atomic E-state index is 13.9. The molecule has 2 N–H and O–H groups in total. The fourth-order valence-corrected chi connectivity index (χ4v) is 8.12. The Kier molecular flexibility index (Phi) is 9.56. The number of esters is 1. The third-order valence-electron chi connectivity index (χ3n) is 7.41. The molecular weight excluding hydrogens is 538 g/mol. The highest BCUT2D eigenvalue weighted by Crippen LogP contribution is 2.35. The van der Waals surface area contributed by atoms with Crippen molar-refractivity contribution in [3.05, 3.63) is 53.6 Å². The standard InChI is InChI=1S/C28H39N3O6S2/c1-3-5-19-38(33,34)29-23-13-14-26(31-17-15-22(16-18-31)28(32)37-4-2)27(20-23)39(35,36)30-25-12-8-10-21-9-6-7-11-24(21)25/h6-7,9,11,13-14,20,22,25,29-30H,3-5,8,10,12,15-19H2,1-2H3/t25-/m1/s1. The summed E-state index contributed by atoms with van der Waals surface area (Å²) in [6, 6.07) is 12.2. The molecule has 39 heavy (non-hydrogen) atoms. The third-order valence-corrected chi connectivity index (χ3v) is 10.3. The predicted octanol–water partition coefficient (Wildman–Crippen LogP) is 4.36. The van der Waals surface area contributed by atoms with Crippen molar-refractivity contribution in [1.82, 2.24) is 4.72 Å². The van der Waals surface area contributed by atoms with Crippen molar-refractivity contribution >= 4 is 37.4 Å². The van der Waals surface area contributed by atoms with E-state index >= 15 is 0 Å². The number of nitrogens with one attached hydrogen (secondary N) is 2. The summed E-state index contributed by atoms with van der Waals surface area (Å²) in [5.41, 5.74) is 2.81. The highest BCUT2D eigenvalue weighted by atomic mass is 32.2. The van der Waals surface area contributed by atoms with Crippen molar-refractivity contribution in [1.29, 1.82) is 0 Å². The summed E-state index contributed by atoms with van der Waals surface area (Å²) in [7, 11) is -7.65. The van der Waals surface area contributed by atoms with Crippen LogP contribution in [0.3, 0.4) is 0 Å². The van der Waals surface area contributed by atoms with Gasteiger partial charge >= 0.3 is 5.97 Å². The number of carbonyl (C=O) groups excluding carboxylic acids is 1. The molecule has 1 atom stereocenters. The number of ether oxygens (including phenoxy) is 1. The summed E-state index contributed by atoms with van der Waals surface area (Å²) in [5.74, 6) is -0.478. The molecule has 1 saturated heterocycles. The zero-order valence-electron chi connectivity index (χ0n) is 22.7. The van der Waals surface area contributed by atoms with Crippen LogP contribution in [-0.4, -0.2) is 48.3 Å². The quantitative estimate of drug-likeness (QED) is 0.381. The first-order valence-electron chi connectivity index (χ1n) is 13.8. The first-order chi connectivity index (χ1) is 18.6. The number of piperidine rings is 1. The molecule has 1 fully saturated rings. The van der Waals surface area contributed by atoms with Crippen molar-refractivity contribution in [3.63, 3.8) is 0 Å². The van der Waals surface area contributed by atoms with E-state index in [2.05, 4.69) is 9.44 Å². The van der Waals surface area contributed by atoms with E-state index in [1.165, 1.54) is 6.07 Å². The summed E-state index contributed by atoms with van der Waals surface area (Å²) in [5, 5.41) is 0. The van der Waals surface area contributed by atoms with Gasteiger partial charge in [-0.15, -0.1) is 0 Å². The monoisotopic (exact) mass is 577 g/mol. The Morgan fingerprint density at radius 1 is 1.03 bits per heavy atom. The van der Waals surface area contributed by atoms with Crippen molar-refractivity contribution in [2.45, 2.75) is 69.7 Å². The maximum Gasteiger partial charge on any atom is 0.309 e. The first kappa shape index (κ1) is 29.4. The van der Waals surface area contributed by atoms with Crippen LogP contribution in [0.2, 0.25) is 0 Å². The number of nitrogens with zero attached hydrogens (tertiary/aromatic N) is 1. The Labute approximate surface area is 232 Å². The van der Waals surface area contributed by atoms with Crippen LogP contribution in [0.4, 0.5) is 11.4 Å². The molecule has 1 aliphatic carbocycles. The number of carbonyl (C=O) groups is 1. The highest BCUT2D eigenvalue weighted by Gasteiger charge is 2.32. The summed E-state index contributed by atoms with van der Waals surface area (Å²) in [6.07, 6.45) is 4.80. The molecule has 214 valence electrons. The first-order valence-corrected chi connectivity index (χ1v) is 16.9. The summed E-state index contributed by atoms with van der Waals surface area (Å²) >= 11 is 0. The van der Waals surface area contributed by atoms with E-state index in [0.717, 1.165) is 30.4 Å². The summed E-state index contributed by atoms with van der Waals surface area (Å²) in [4.78, 5) is 14.2. The van der Waals surface area contributed by atoms with Crippen LogP contribution in [-0.2, 0) is 36.0 Å². The second-order valence-corrected chi connectivity index (χ2v) is 13.8. The van der Waals surface area contributed by atoms with Gasteiger partial charge in [0.1, 0.15) is 4.90 Å². The average molecular weight is 578 g/mol. The van der Waals surface area contributed by atoms with E-state index in [9.17, 15) is 21.6 Å². The van der Waals surface area contributed by atoms with Gasteiger partial charge in [0.25, 0.3) is 0 Å². The lowest BCUT2D eigenvalue weighted by atomic mass is 9.88. The largest absolute Gasteiger partial charge is 0.466 e. The molecule has 0 spiro atoms. The Hall–Kier alpha value is -2.63. The molecule has 0 bridgehead atoms. The molecule has 0 saturated carbocycles. The molecule has 2 aromatic carbocycles. The van der Waals surface area contributed by atoms with Gasteiger partial charge in [0.05, 0.1) is 24.0 Å². The number of benzene rings is 2. The topological polar surface area (TPSA) is 122 Å². The minimum Gasteiger partial charge on any atom is -0.466 e. The molecule has 0 radical (unpaired) electrons. The molecule has 0 unspecified atom stereocenters. The van der Waals surface area contributed by atoms with Crippen LogP contribution in [0, 0.1) is 5.92 Å². The van der Waals surface area contributed by atoms with E-state index in [0.29, 0.717) is 51.1 Å². The number of rotatable bonds is 11. The van der Waals surface area contributed by atoms with E-state index in [-0.39, 0.29) is 34.3 Å². The van der Waals surface area contributed by atoms with Crippen molar-refractivity contribution in [2.24, 2.45) is 5.92 Å². The Morgan fingerprint density at radius 3 is 2.49 bits per heavy atom. The molecule has 2 aromatic rings. The van der Waals surface area contributed by atoms with Crippen molar-refractivity contribution in [2.75, 3.05) is 35.1 Å². The number of fused-ring (bicyclic) bond motifs is 1. The van der Waals surface area contributed by atoms with Crippen LogP contribution in [0.25, 0.3) is 0 Å². The highest BCUT2D eigenvalue weighted by molar-refractivity contribution is 7.92. The normalized spacial score (nSPS) is 18.4. The van der Waals surface area contributed by atoms with Crippen LogP contribution < -0.4 is 14.3 Å². The number of sulfonamides is 2. The van der Waals surface area contributed by atoms with Crippen LogP contribution in [0.15, 0.2) is 47.4 Å². The maximum atomic E-state index is 13.9. The smallest absolute Gasteiger partial charge is 0.309 e. The lowest BCUT2D eigenvalue weighted by Gasteiger charge is -2.34. The number of anilines is 2. The molecule has 11 heteroatoms. The molecule has 4 rings (SSSR count). The van der Waals surface area contributed by atoms with Gasteiger partial charge in [-0.2, -0.15) is 0 Å². The van der Waals surface area contributed by atoms with Gasteiger partial charge in [0.15, 0.2) is 0 Å². The average Bonchev–Trinajstić information content (AvgIpc) is 2.92. The van der Waals surface area contributed by atoms with Crippen LogP contribution >= 0.6 is 0 Å². The fraction of sp³-hybridized carbons (Fsp3) is 0.536. The fourth-order valence-electron chi connectivity index (χ4n) is 5.36. The van der Waals surface area contributed by atoms with E-state index < -0.39 is 20.0 Å². The second kappa shape index (κ2) is 12.7. The third kappa shape index (κ3) is 7.32. The second-order valence-electron chi connectivity index (χ2n) is 10.2. The van der Waals surface area contributed by atoms with E-state index in [4.69, 9.17) is 4.74 Å². The number of unbranched alkanes of at least 4 members (excludes halogenated alkanes) is 1. The van der Waals surface area contributed by atoms with Gasteiger partial charge in [-0.3, -0.25) is 9.52 Å². The van der Waals surface area contributed by atoms with E-state index in [1.807, 2.05) is 36.1 Å². The molecular formula is C28H39N3O6S2. The molecule has 9 nitrogen and oxygen atoms in total. The van der Waals surface area contributed by atoms with Gasteiger partial charge in [-0.05, 0) is 74.8 Å². The van der Waals surface area contributed by atoms with Crippen molar-refractivity contribution < 1.29 is 26.4 Å². The summed E-state index contributed by atoms with van der Waals surface area (Å²) in [6.45, 7) is 4.99. The van der Waals surface area contributed by atoms with Crippen LogP contribution in [0.5, 0.6) is 0 Å². The predicted molar refractivity (Wildman–Crippen MR) is 153 cm³/mol. The number of aryl methyl sites for hydroxylation is 1. The number of hydrogen-bond acceptors (Lipinski definition) is 7.